The van der Waals surface area contributed by atoms with Crippen LogP contribution in [0.5, 0.6) is 5.75 Å². The minimum Gasteiger partial charge on any atom is -0.463 e. The van der Waals surface area contributed by atoms with Crippen LogP contribution in [-0.4, -0.2) is 80.6 Å². The van der Waals surface area contributed by atoms with E-state index in [1.54, 1.807) is 0 Å². The highest BCUT2D eigenvalue weighted by Crippen LogP contribution is 2.35. The van der Waals surface area contributed by atoms with Gasteiger partial charge >= 0.3 is 30.0 Å². The van der Waals surface area contributed by atoms with Gasteiger partial charge in [-0.25, -0.2) is 4.79 Å². The zero-order chi connectivity index (χ0) is 32.3. The lowest BCUT2D eigenvalue weighted by atomic mass is 9.94. The third-order valence-electron chi connectivity index (χ3n) is 6.24. The zero-order valence-corrected chi connectivity index (χ0v) is 25.9. The lowest BCUT2D eigenvalue weighted by Crippen LogP contribution is -2.63. The van der Waals surface area contributed by atoms with Crippen molar-refractivity contribution in [3.63, 3.8) is 0 Å². The molecule has 0 bridgehead atoms. The molecule has 0 N–H and O–H groups in total. The largest absolute Gasteiger partial charge is 0.513 e. The van der Waals surface area contributed by atoms with Gasteiger partial charge in [-0.1, -0.05) is 45.9 Å². The van der Waals surface area contributed by atoms with E-state index in [-0.39, 0.29) is 38.1 Å². The fraction of sp³-hybridized carbons (Fsp3) is 0.633. The molecule has 0 spiro atoms. The molecular formula is C30H42O13. The minimum atomic E-state index is -1.34. The Morgan fingerprint density at radius 2 is 1.26 bits per heavy atom. The fourth-order valence-corrected chi connectivity index (χ4v) is 4.45. The highest BCUT2D eigenvalue weighted by atomic mass is 16.7. The van der Waals surface area contributed by atoms with Crippen molar-refractivity contribution in [1.29, 1.82) is 0 Å². The summed E-state index contributed by atoms with van der Waals surface area (Å²) < 4.78 is 43.6. The molecule has 1 aromatic carbocycles. The maximum absolute atomic E-state index is 12.5. The lowest BCUT2D eigenvalue weighted by molar-refractivity contribution is -0.308. The van der Waals surface area contributed by atoms with E-state index in [4.69, 9.17) is 37.9 Å². The van der Waals surface area contributed by atoms with Crippen LogP contribution < -0.4 is 4.74 Å². The van der Waals surface area contributed by atoms with Crippen molar-refractivity contribution in [3.05, 3.63) is 29.3 Å². The Kier molecular flexibility index (Phi) is 13.9. The summed E-state index contributed by atoms with van der Waals surface area (Å²) in [5, 5.41) is 0. The lowest BCUT2D eigenvalue weighted by Gasteiger charge is -2.44. The van der Waals surface area contributed by atoms with Crippen LogP contribution in [0.2, 0.25) is 0 Å². The van der Waals surface area contributed by atoms with Gasteiger partial charge in [0.15, 0.2) is 24.6 Å². The second-order valence-corrected chi connectivity index (χ2v) is 10.6. The molecule has 1 heterocycles. The van der Waals surface area contributed by atoms with Crippen molar-refractivity contribution >= 4 is 30.0 Å². The first-order chi connectivity index (χ1) is 20.2. The van der Waals surface area contributed by atoms with Crippen molar-refractivity contribution in [2.24, 2.45) is 0 Å². The summed E-state index contributed by atoms with van der Waals surface area (Å²) >= 11 is 0. The van der Waals surface area contributed by atoms with Gasteiger partial charge in [-0.2, -0.15) is 0 Å². The molecule has 1 saturated heterocycles. The molecule has 2 rings (SSSR count). The van der Waals surface area contributed by atoms with E-state index in [0.717, 1.165) is 31.9 Å². The van der Waals surface area contributed by atoms with E-state index in [1.165, 1.54) is 6.92 Å². The number of hydrogen-bond acceptors (Lipinski definition) is 13. The first-order valence-corrected chi connectivity index (χ1v) is 14.1. The molecule has 1 fully saturated rings. The molecule has 0 aromatic heterocycles. The molecule has 5 unspecified atom stereocenters. The topological polar surface area (TPSA) is 159 Å². The molecule has 0 aliphatic carbocycles. The van der Waals surface area contributed by atoms with Gasteiger partial charge < -0.3 is 37.9 Å². The number of carbonyl (C=O) groups excluding carboxylic acids is 5. The zero-order valence-electron chi connectivity index (χ0n) is 25.9. The van der Waals surface area contributed by atoms with Gasteiger partial charge in [-0.3, -0.25) is 19.2 Å². The molecule has 1 aliphatic heterocycles. The monoisotopic (exact) mass is 610 g/mol. The van der Waals surface area contributed by atoms with Crippen LogP contribution in [0.1, 0.15) is 84.8 Å². The number of esters is 4. The van der Waals surface area contributed by atoms with E-state index in [2.05, 4.69) is 0 Å². The summed E-state index contributed by atoms with van der Waals surface area (Å²) in [5.74, 6) is -2.14. The normalized spacial score (nSPS) is 21.6. The third kappa shape index (κ3) is 11.1. The van der Waals surface area contributed by atoms with Gasteiger partial charge in [0.2, 0.25) is 0 Å². The van der Waals surface area contributed by atoms with E-state index in [1.807, 2.05) is 45.9 Å². The Hall–Kier alpha value is -3.71. The molecule has 5 atom stereocenters. The van der Waals surface area contributed by atoms with E-state index < -0.39 is 60.7 Å². The van der Waals surface area contributed by atoms with Crippen LogP contribution in [0.4, 0.5) is 4.79 Å². The molecule has 43 heavy (non-hydrogen) atoms. The van der Waals surface area contributed by atoms with Crippen molar-refractivity contribution in [2.75, 3.05) is 19.8 Å². The SMILES string of the molecule is CC(=O)OCC1OC(OCCCOC(=O)Oc2c(C(C)C)cccc2C(C)C)C(OC(C)=O)C(OC(C)=O)C1OC(C)=O. The molecule has 1 aliphatic rings. The molecule has 240 valence electrons. The molecule has 1 aromatic rings. The summed E-state index contributed by atoms with van der Waals surface area (Å²) in [6, 6.07) is 5.73. The van der Waals surface area contributed by atoms with Crippen LogP contribution >= 0.6 is 0 Å². The highest BCUT2D eigenvalue weighted by Gasteiger charge is 2.52. The first-order valence-electron chi connectivity index (χ1n) is 14.1. The van der Waals surface area contributed by atoms with Gasteiger partial charge in [0, 0.05) is 34.1 Å². The van der Waals surface area contributed by atoms with Crippen molar-refractivity contribution < 1.29 is 61.9 Å². The Bertz CT molecular complexity index is 1100. The standard InChI is InChI=1S/C30H42O13/c1-16(2)22-11-9-12-23(17(3)4)25(22)43-30(35)37-14-10-13-36-29-28(41-21(8)34)27(40-20(7)33)26(39-19(6)32)24(42-29)15-38-18(5)31/h9,11-12,16-17,24,26-29H,10,13-15H2,1-8H3. The van der Waals surface area contributed by atoms with E-state index >= 15 is 0 Å². The highest BCUT2D eigenvalue weighted by molar-refractivity contribution is 5.69. The smallest absolute Gasteiger partial charge is 0.463 e. The summed E-state index contributed by atoms with van der Waals surface area (Å²) in [5.41, 5.74) is 1.77. The number of ether oxygens (including phenoxy) is 8. The Morgan fingerprint density at radius 1 is 0.721 bits per heavy atom. The van der Waals surface area contributed by atoms with Crippen LogP contribution in [0.3, 0.4) is 0 Å². The summed E-state index contributed by atoms with van der Waals surface area (Å²) in [4.78, 5) is 59.7. The Balaban J connectivity index is 2.11. The minimum absolute atomic E-state index is 0.0547. The summed E-state index contributed by atoms with van der Waals surface area (Å²) in [6.45, 7) is 12.1. The first kappa shape index (κ1) is 35.5. The Labute approximate surface area is 251 Å². The molecule has 0 saturated carbocycles. The van der Waals surface area contributed by atoms with Gasteiger partial charge in [0.25, 0.3) is 0 Å². The van der Waals surface area contributed by atoms with E-state index in [9.17, 15) is 24.0 Å². The molecular weight excluding hydrogens is 568 g/mol. The van der Waals surface area contributed by atoms with Gasteiger partial charge in [0.05, 0.1) is 13.2 Å². The number of benzene rings is 1. The predicted molar refractivity (Wildman–Crippen MR) is 149 cm³/mol. The van der Waals surface area contributed by atoms with Crippen molar-refractivity contribution in [2.45, 2.75) is 104 Å². The maximum Gasteiger partial charge on any atom is 0.513 e. The summed E-state index contributed by atoms with van der Waals surface area (Å²) in [7, 11) is 0. The molecule has 0 amide bonds. The van der Waals surface area contributed by atoms with Crippen molar-refractivity contribution in [1.82, 2.24) is 0 Å². The number of hydrogen-bond donors (Lipinski definition) is 0. The van der Waals surface area contributed by atoms with Gasteiger partial charge in [-0.15, -0.1) is 0 Å². The third-order valence-corrected chi connectivity index (χ3v) is 6.24. The Morgan fingerprint density at radius 3 is 1.77 bits per heavy atom. The fourth-order valence-electron chi connectivity index (χ4n) is 4.45. The average molecular weight is 611 g/mol. The van der Waals surface area contributed by atoms with Crippen LogP contribution in [-0.2, 0) is 52.3 Å². The number of para-hydroxylation sites is 1. The van der Waals surface area contributed by atoms with Crippen LogP contribution in [0.25, 0.3) is 0 Å². The number of carbonyl (C=O) groups is 5. The van der Waals surface area contributed by atoms with E-state index in [0.29, 0.717) is 5.75 Å². The number of rotatable bonds is 13. The van der Waals surface area contributed by atoms with Crippen molar-refractivity contribution in [3.8, 4) is 5.75 Å². The van der Waals surface area contributed by atoms with Gasteiger partial charge in [-0.05, 0) is 23.0 Å². The molecule has 13 nitrogen and oxygen atoms in total. The quantitative estimate of drug-likeness (QED) is 0.137. The average Bonchev–Trinajstić information content (AvgIpc) is 2.89. The second-order valence-electron chi connectivity index (χ2n) is 10.6. The summed E-state index contributed by atoms with van der Waals surface area (Å²) in [6.07, 6.45) is -7.10. The second kappa shape index (κ2) is 16.8. The predicted octanol–water partition coefficient (Wildman–Crippen LogP) is 3.94. The van der Waals surface area contributed by atoms with Crippen LogP contribution in [0, 0.1) is 0 Å². The van der Waals surface area contributed by atoms with Gasteiger partial charge in [0.1, 0.15) is 18.5 Å². The van der Waals surface area contributed by atoms with Crippen LogP contribution in [0.15, 0.2) is 18.2 Å². The molecule has 0 radical (unpaired) electrons. The molecule has 13 heteroatoms. The maximum atomic E-state index is 12.5.